The molecule has 2 rings (SSSR count). The minimum atomic E-state index is 0.877. The van der Waals surface area contributed by atoms with Gasteiger partial charge in [0.05, 0.1) is 11.7 Å². The second-order valence-electron chi connectivity index (χ2n) is 1.57. The molecular weight excluding hydrogens is 158 g/mol. The molecule has 11 heavy (non-hydrogen) atoms. The van der Waals surface area contributed by atoms with Crippen LogP contribution in [0.4, 0.5) is 0 Å². The first-order chi connectivity index (χ1) is 5.47. The van der Waals surface area contributed by atoms with Gasteiger partial charge >= 0.3 is 0 Å². The molecule has 0 N–H and O–H groups in total. The summed E-state index contributed by atoms with van der Waals surface area (Å²) in [5, 5.41) is 0. The number of thiazole rings is 1. The maximum Gasteiger partial charge on any atom is 0.146 e. The summed E-state index contributed by atoms with van der Waals surface area (Å²) in [7, 11) is 0. The second kappa shape index (κ2) is 3.98. The van der Waals surface area contributed by atoms with E-state index in [4.69, 9.17) is 0 Å². The molecule has 0 aromatic carbocycles. The molecule has 4 heteroatoms. The normalized spacial score (nSPS) is 8.91. The number of hydrogen-bond acceptors (Lipinski definition) is 4. The van der Waals surface area contributed by atoms with E-state index < -0.39 is 0 Å². The maximum absolute atomic E-state index is 4.01. The van der Waals surface area contributed by atoms with Gasteiger partial charge < -0.3 is 0 Å². The lowest BCUT2D eigenvalue weighted by molar-refractivity contribution is 1.22. The first kappa shape index (κ1) is 8.07. The predicted molar refractivity (Wildman–Crippen MR) is 46.6 cm³/mol. The fourth-order valence-corrected chi connectivity index (χ4v) is 1.22. The quantitative estimate of drug-likeness (QED) is 0.603. The van der Waals surface area contributed by atoms with Gasteiger partial charge in [0.1, 0.15) is 16.7 Å². The van der Waals surface area contributed by atoms with E-state index in [1.54, 1.807) is 11.7 Å². The van der Waals surface area contributed by atoms with E-state index >= 15 is 0 Å². The van der Waals surface area contributed by atoms with Crippen LogP contribution in [0.5, 0.6) is 0 Å². The van der Waals surface area contributed by atoms with E-state index in [0.29, 0.717) is 0 Å². The van der Waals surface area contributed by atoms with Crippen molar-refractivity contribution in [3.8, 4) is 0 Å². The third-order valence-electron chi connectivity index (χ3n) is 1.01. The van der Waals surface area contributed by atoms with E-state index in [2.05, 4.69) is 15.0 Å². The third-order valence-corrected chi connectivity index (χ3v) is 1.76. The Labute approximate surface area is 69.1 Å². The van der Waals surface area contributed by atoms with E-state index in [1.165, 1.54) is 17.7 Å². The van der Waals surface area contributed by atoms with Crippen LogP contribution < -0.4 is 0 Å². The van der Waals surface area contributed by atoms with Crippen molar-refractivity contribution in [1.82, 2.24) is 15.0 Å². The lowest BCUT2D eigenvalue weighted by Crippen LogP contribution is -1.73. The molecule has 0 unspecified atom stereocenters. The van der Waals surface area contributed by atoms with Crippen LogP contribution in [0.25, 0.3) is 10.3 Å². The number of rotatable bonds is 0. The highest BCUT2D eigenvalue weighted by molar-refractivity contribution is 7.16. The maximum atomic E-state index is 4.01. The number of fused-ring (bicyclic) bond motifs is 1. The van der Waals surface area contributed by atoms with Gasteiger partial charge in [0.15, 0.2) is 0 Å². The molecule has 0 aliphatic heterocycles. The lowest BCUT2D eigenvalue weighted by atomic mass is 10.6. The van der Waals surface area contributed by atoms with Crippen molar-refractivity contribution in [2.45, 2.75) is 13.8 Å². The van der Waals surface area contributed by atoms with Gasteiger partial charge in [-0.15, -0.1) is 11.3 Å². The van der Waals surface area contributed by atoms with Gasteiger partial charge in [-0.1, -0.05) is 13.8 Å². The average molecular weight is 167 g/mol. The van der Waals surface area contributed by atoms with Crippen LogP contribution in [0.15, 0.2) is 18.0 Å². The number of nitrogens with zero attached hydrogens (tertiary/aromatic N) is 3. The molecule has 0 saturated heterocycles. The minimum Gasteiger partial charge on any atom is -0.242 e. The monoisotopic (exact) mass is 167 g/mol. The van der Waals surface area contributed by atoms with E-state index in [-0.39, 0.29) is 0 Å². The van der Waals surface area contributed by atoms with Crippen LogP contribution in [-0.4, -0.2) is 15.0 Å². The third kappa shape index (κ3) is 1.71. The molecule has 0 amide bonds. The minimum absolute atomic E-state index is 0.877. The fraction of sp³-hybridized carbons (Fsp3) is 0.286. The largest absolute Gasteiger partial charge is 0.242 e. The SMILES string of the molecule is CC.c1ncc2ncsc2n1. The molecule has 0 radical (unpaired) electrons. The Bertz CT molecular complexity index is 288. The summed E-state index contributed by atoms with van der Waals surface area (Å²) in [4.78, 5) is 12.8. The van der Waals surface area contributed by atoms with Gasteiger partial charge in [-0.05, 0) is 0 Å². The van der Waals surface area contributed by atoms with E-state index in [1.807, 2.05) is 13.8 Å². The zero-order valence-electron chi connectivity index (χ0n) is 6.48. The van der Waals surface area contributed by atoms with Crippen molar-refractivity contribution in [2.75, 3.05) is 0 Å². The van der Waals surface area contributed by atoms with Crippen molar-refractivity contribution in [3.05, 3.63) is 18.0 Å². The summed E-state index contributed by atoms with van der Waals surface area (Å²) in [6.45, 7) is 4.00. The van der Waals surface area contributed by atoms with Crippen molar-refractivity contribution < 1.29 is 0 Å². The van der Waals surface area contributed by atoms with Gasteiger partial charge in [0.25, 0.3) is 0 Å². The molecule has 2 aromatic heterocycles. The Balaban J connectivity index is 0.000000281. The van der Waals surface area contributed by atoms with Crippen LogP contribution >= 0.6 is 11.3 Å². The average Bonchev–Trinajstić information content (AvgIpc) is 2.55. The summed E-state index contributed by atoms with van der Waals surface area (Å²) in [6.07, 6.45) is 3.24. The summed E-state index contributed by atoms with van der Waals surface area (Å²) in [5.74, 6) is 0. The van der Waals surface area contributed by atoms with Crippen LogP contribution in [0.1, 0.15) is 13.8 Å². The first-order valence-electron chi connectivity index (χ1n) is 3.46. The summed E-state index contributed by atoms with van der Waals surface area (Å²) < 4.78 is 0. The summed E-state index contributed by atoms with van der Waals surface area (Å²) >= 11 is 1.53. The van der Waals surface area contributed by atoms with Crippen molar-refractivity contribution >= 4 is 21.7 Å². The topological polar surface area (TPSA) is 38.7 Å². The summed E-state index contributed by atoms with van der Waals surface area (Å²) in [6, 6.07) is 0. The van der Waals surface area contributed by atoms with Crippen molar-refractivity contribution in [2.24, 2.45) is 0 Å². The number of aromatic nitrogens is 3. The highest BCUT2D eigenvalue weighted by Crippen LogP contribution is 2.10. The predicted octanol–water partition coefficient (Wildman–Crippen LogP) is 2.11. The molecule has 3 nitrogen and oxygen atoms in total. The molecule has 0 aliphatic rings. The fourth-order valence-electron chi connectivity index (χ4n) is 0.623. The Morgan fingerprint density at radius 3 is 2.82 bits per heavy atom. The number of hydrogen-bond donors (Lipinski definition) is 0. The Hall–Kier alpha value is -1.03. The Kier molecular flexibility index (Phi) is 2.92. The van der Waals surface area contributed by atoms with E-state index in [9.17, 15) is 0 Å². The zero-order valence-corrected chi connectivity index (χ0v) is 7.30. The highest BCUT2D eigenvalue weighted by Gasteiger charge is 1.92. The molecule has 0 aliphatic carbocycles. The molecule has 58 valence electrons. The Morgan fingerprint density at radius 2 is 2.09 bits per heavy atom. The van der Waals surface area contributed by atoms with Crippen LogP contribution in [0, 0.1) is 0 Å². The van der Waals surface area contributed by atoms with Gasteiger partial charge in [-0.25, -0.2) is 15.0 Å². The van der Waals surface area contributed by atoms with Crippen LogP contribution in [-0.2, 0) is 0 Å². The molecule has 2 aromatic rings. The highest BCUT2D eigenvalue weighted by atomic mass is 32.1. The molecule has 0 bridgehead atoms. The van der Waals surface area contributed by atoms with Gasteiger partial charge in [-0.3, -0.25) is 0 Å². The molecular formula is C7H9N3S. The van der Waals surface area contributed by atoms with E-state index in [0.717, 1.165) is 10.3 Å². The van der Waals surface area contributed by atoms with Crippen molar-refractivity contribution in [3.63, 3.8) is 0 Å². The van der Waals surface area contributed by atoms with Gasteiger partial charge in [-0.2, -0.15) is 0 Å². The molecule has 2 heterocycles. The summed E-state index contributed by atoms with van der Waals surface area (Å²) in [5.41, 5.74) is 2.64. The van der Waals surface area contributed by atoms with Crippen LogP contribution in [0.2, 0.25) is 0 Å². The molecule has 0 fully saturated rings. The van der Waals surface area contributed by atoms with Gasteiger partial charge in [0, 0.05) is 0 Å². The molecule has 0 atom stereocenters. The van der Waals surface area contributed by atoms with Crippen LogP contribution in [0.3, 0.4) is 0 Å². The smallest absolute Gasteiger partial charge is 0.146 e. The molecule has 0 saturated carbocycles. The second-order valence-corrected chi connectivity index (χ2v) is 2.40. The Morgan fingerprint density at radius 1 is 1.27 bits per heavy atom. The standard InChI is InChI=1S/C5H3N3S.C2H6/c1-4-5(7-2-6-1)9-3-8-4;1-2/h1-3H;1-2H3. The lowest BCUT2D eigenvalue weighted by Gasteiger charge is -1.79. The molecule has 0 spiro atoms. The first-order valence-corrected chi connectivity index (χ1v) is 4.34. The van der Waals surface area contributed by atoms with Crippen molar-refractivity contribution in [1.29, 1.82) is 0 Å². The van der Waals surface area contributed by atoms with Gasteiger partial charge in [0.2, 0.25) is 0 Å². The zero-order chi connectivity index (χ0) is 8.10.